The predicted octanol–water partition coefficient (Wildman–Crippen LogP) is 8.08. The largest absolute Gasteiger partial charge is 0.289 e. The van der Waals surface area contributed by atoms with Crippen LogP contribution < -0.4 is 0 Å². The Morgan fingerprint density at radius 2 is 1.02 bits per heavy atom. The monoisotopic (exact) mass is 542 g/mol. The van der Waals surface area contributed by atoms with E-state index in [0.29, 0.717) is 0 Å². The van der Waals surface area contributed by atoms with Crippen molar-refractivity contribution in [3.05, 3.63) is 98.1 Å². The molecule has 0 aliphatic carbocycles. The van der Waals surface area contributed by atoms with Gasteiger partial charge in [0.2, 0.25) is 0 Å². The summed E-state index contributed by atoms with van der Waals surface area (Å²) in [6, 6.07) is 19.4. The van der Waals surface area contributed by atoms with E-state index in [0.717, 1.165) is 40.1 Å². The highest BCUT2D eigenvalue weighted by Crippen LogP contribution is 2.04. The molecule has 40 heavy (non-hydrogen) atoms. The third-order valence-corrected chi connectivity index (χ3v) is 3.76. The van der Waals surface area contributed by atoms with Crippen LogP contribution in [0.25, 0.3) is 22.3 Å². The number of para-hydroxylation sites is 2. The van der Waals surface area contributed by atoms with Crippen LogP contribution in [0.1, 0.15) is 62.3 Å². The van der Waals surface area contributed by atoms with Crippen molar-refractivity contribution in [3.8, 4) is 0 Å². The van der Waals surface area contributed by atoms with Gasteiger partial charge in [0.25, 0.3) is 0 Å². The Labute approximate surface area is 239 Å². The Bertz CT molecular complexity index is 1220. The van der Waals surface area contributed by atoms with Crippen molar-refractivity contribution < 1.29 is 0 Å². The number of hydrogen-bond donors (Lipinski definition) is 0. The van der Waals surface area contributed by atoms with Crippen LogP contribution in [0.4, 0.5) is 0 Å². The molecule has 6 rings (SSSR count). The lowest BCUT2D eigenvalue weighted by Crippen LogP contribution is -1.82. The van der Waals surface area contributed by atoms with Crippen LogP contribution in [0.5, 0.6) is 0 Å². The molecule has 8 nitrogen and oxygen atoms in total. The highest BCUT2D eigenvalue weighted by molar-refractivity contribution is 5.72. The van der Waals surface area contributed by atoms with Crippen molar-refractivity contribution in [2.45, 2.75) is 62.3 Å². The van der Waals surface area contributed by atoms with E-state index in [9.17, 15) is 0 Å². The summed E-state index contributed by atoms with van der Waals surface area (Å²) in [4.78, 5) is 12.2. The molecule has 214 valence electrons. The molecular weight excluding hydrogens is 496 g/mol. The molecule has 0 fully saturated rings. The van der Waals surface area contributed by atoms with Crippen LogP contribution in [0.2, 0.25) is 0 Å². The molecule has 0 aliphatic heterocycles. The second-order valence-corrected chi connectivity index (χ2v) is 10.8. The molecule has 0 saturated heterocycles. The van der Waals surface area contributed by atoms with Crippen molar-refractivity contribution in [1.82, 2.24) is 39.2 Å². The Hall–Kier alpha value is -4.20. The van der Waals surface area contributed by atoms with Crippen molar-refractivity contribution in [3.63, 3.8) is 0 Å². The third-order valence-electron chi connectivity index (χ3n) is 3.76. The minimum absolute atomic E-state index is 0.833. The minimum atomic E-state index is 0.833. The van der Waals surface area contributed by atoms with Crippen LogP contribution in [0.3, 0.4) is 0 Å². The van der Waals surface area contributed by atoms with Crippen LogP contribution in [-0.4, -0.2) is 39.2 Å². The van der Waals surface area contributed by atoms with Crippen LogP contribution >= 0.6 is 0 Å². The summed E-state index contributed by atoms with van der Waals surface area (Å²) in [5.41, 5.74) is 3.67. The maximum Gasteiger partial charge on any atom is 0.160 e. The summed E-state index contributed by atoms with van der Waals surface area (Å²) in [7, 11) is 0. The van der Waals surface area contributed by atoms with Gasteiger partial charge in [-0.25, -0.2) is 9.50 Å². The Morgan fingerprint density at radius 1 is 0.550 bits per heavy atom. The highest BCUT2D eigenvalue weighted by atomic mass is 15.3. The Balaban J connectivity index is 0.000000252. The van der Waals surface area contributed by atoms with Gasteiger partial charge in [-0.3, -0.25) is 14.4 Å². The van der Waals surface area contributed by atoms with E-state index in [1.54, 1.807) is 23.2 Å². The lowest BCUT2D eigenvalue weighted by atomic mass is 10.3. The standard InChI is InChI=1S/C8H6N2.2C6H5N3.3C4H10/c1-2-4-8-7(3-1)9-5-6-10-8;1-2-4-9-5-7-8-6(9)3-1;1-2-4-9-6(3-1)7-5-8-9;3*1-4(2)3/h1-6H;2*1-5H;3*4H,1-3H3. The zero-order valence-corrected chi connectivity index (χ0v) is 25.5. The third kappa shape index (κ3) is 15.9. The van der Waals surface area contributed by atoms with Gasteiger partial charge in [-0.15, -0.1) is 10.2 Å². The second kappa shape index (κ2) is 19.8. The van der Waals surface area contributed by atoms with Gasteiger partial charge < -0.3 is 0 Å². The van der Waals surface area contributed by atoms with Gasteiger partial charge in [-0.2, -0.15) is 5.10 Å². The molecule has 0 spiro atoms. The average Bonchev–Trinajstić information content (AvgIpc) is 3.58. The topological polar surface area (TPSA) is 86.2 Å². The summed E-state index contributed by atoms with van der Waals surface area (Å²) in [6.07, 6.45) is 10.4. The summed E-state index contributed by atoms with van der Waals surface area (Å²) >= 11 is 0. The molecular formula is C32H46N8. The Morgan fingerprint density at radius 3 is 1.52 bits per heavy atom. The fourth-order valence-corrected chi connectivity index (χ4v) is 2.45. The van der Waals surface area contributed by atoms with Crippen molar-refractivity contribution in [2.75, 3.05) is 0 Å². The van der Waals surface area contributed by atoms with Gasteiger partial charge in [0.1, 0.15) is 12.7 Å². The van der Waals surface area contributed by atoms with Gasteiger partial charge in [-0.1, -0.05) is 86.6 Å². The number of rotatable bonds is 0. The van der Waals surface area contributed by atoms with E-state index < -0.39 is 0 Å². The van der Waals surface area contributed by atoms with Crippen LogP contribution in [0, 0.1) is 17.8 Å². The molecule has 5 heterocycles. The first-order valence-corrected chi connectivity index (χ1v) is 13.7. The van der Waals surface area contributed by atoms with Gasteiger partial charge in [0, 0.05) is 24.8 Å². The summed E-state index contributed by atoms with van der Waals surface area (Å²) in [5.74, 6) is 2.50. The highest BCUT2D eigenvalue weighted by Gasteiger charge is 1.89. The smallest absolute Gasteiger partial charge is 0.160 e. The molecule has 0 amide bonds. The number of pyridine rings is 2. The normalized spacial score (nSPS) is 9.80. The van der Waals surface area contributed by atoms with E-state index >= 15 is 0 Å². The van der Waals surface area contributed by atoms with Gasteiger partial charge in [0.05, 0.1) is 11.0 Å². The molecule has 1 aromatic carbocycles. The summed E-state index contributed by atoms with van der Waals surface area (Å²) in [6.45, 7) is 19.5. The van der Waals surface area contributed by atoms with Crippen molar-refractivity contribution in [1.29, 1.82) is 0 Å². The van der Waals surface area contributed by atoms with Gasteiger partial charge >= 0.3 is 0 Å². The van der Waals surface area contributed by atoms with E-state index in [2.05, 4.69) is 92.6 Å². The number of fused-ring (bicyclic) bond motifs is 3. The lowest BCUT2D eigenvalue weighted by Gasteiger charge is -1.90. The number of benzene rings is 1. The fourth-order valence-electron chi connectivity index (χ4n) is 2.45. The molecule has 0 radical (unpaired) electrons. The zero-order chi connectivity index (χ0) is 29.8. The fraction of sp³-hybridized carbons (Fsp3) is 0.375. The number of nitrogens with zero attached hydrogens (tertiary/aromatic N) is 8. The predicted molar refractivity (Wildman–Crippen MR) is 167 cm³/mol. The molecule has 0 aliphatic rings. The molecule has 6 aromatic rings. The first-order chi connectivity index (χ1) is 19.1. The SMILES string of the molecule is CC(C)C.CC(C)C.CC(C)C.c1ccc2nccnc2c1.c1ccn2cnnc2c1.c1ccn2ncnc2c1. The molecule has 8 heteroatoms. The summed E-state index contributed by atoms with van der Waals surface area (Å²) in [5, 5.41) is 11.5. The molecule has 0 atom stereocenters. The number of hydrogen-bond acceptors (Lipinski definition) is 6. The minimum Gasteiger partial charge on any atom is -0.289 e. The van der Waals surface area contributed by atoms with E-state index in [-0.39, 0.29) is 0 Å². The summed E-state index contributed by atoms with van der Waals surface area (Å²) < 4.78 is 3.58. The maximum atomic E-state index is 4.12. The first kappa shape index (κ1) is 33.8. The van der Waals surface area contributed by atoms with E-state index in [1.807, 2.05) is 77.5 Å². The lowest BCUT2D eigenvalue weighted by molar-refractivity contribution is 0.736. The molecule has 0 saturated carbocycles. The van der Waals surface area contributed by atoms with Gasteiger partial charge in [-0.05, 0) is 54.2 Å². The van der Waals surface area contributed by atoms with Crippen LogP contribution in [0.15, 0.2) is 98.1 Å². The molecule has 0 N–H and O–H groups in total. The van der Waals surface area contributed by atoms with E-state index in [4.69, 9.17) is 0 Å². The molecule has 0 unspecified atom stereocenters. The average molecular weight is 543 g/mol. The Kier molecular flexibility index (Phi) is 16.8. The van der Waals surface area contributed by atoms with Crippen LogP contribution in [-0.2, 0) is 0 Å². The van der Waals surface area contributed by atoms with Crippen molar-refractivity contribution >= 4 is 22.3 Å². The second-order valence-electron chi connectivity index (χ2n) is 10.8. The van der Waals surface area contributed by atoms with Gasteiger partial charge in [0.15, 0.2) is 11.3 Å². The van der Waals surface area contributed by atoms with Crippen molar-refractivity contribution in [2.24, 2.45) is 17.8 Å². The molecule has 0 bridgehead atoms. The maximum absolute atomic E-state index is 4.12. The first-order valence-electron chi connectivity index (χ1n) is 13.7. The number of aromatic nitrogens is 8. The van der Waals surface area contributed by atoms with E-state index in [1.165, 1.54) is 6.33 Å². The zero-order valence-electron chi connectivity index (χ0n) is 25.5. The molecule has 5 aromatic heterocycles. The quantitative estimate of drug-likeness (QED) is 0.193.